The predicted molar refractivity (Wildman–Crippen MR) is 55.8 cm³/mol. The summed E-state index contributed by atoms with van der Waals surface area (Å²) >= 11 is 1.82. The molecule has 0 saturated carbocycles. The molecule has 0 fully saturated rings. The third kappa shape index (κ3) is 3.40. The zero-order valence-electron chi connectivity index (χ0n) is 7.94. The minimum Gasteiger partial charge on any atom is -0.396 e. The van der Waals surface area contributed by atoms with Crippen LogP contribution in [0.2, 0.25) is 0 Å². The van der Waals surface area contributed by atoms with Crippen LogP contribution in [0.4, 0.5) is 0 Å². The molecule has 0 saturated heterocycles. The van der Waals surface area contributed by atoms with Crippen LogP contribution in [0.3, 0.4) is 0 Å². The van der Waals surface area contributed by atoms with E-state index in [0.29, 0.717) is 0 Å². The van der Waals surface area contributed by atoms with Crippen molar-refractivity contribution in [3.63, 3.8) is 0 Å². The van der Waals surface area contributed by atoms with E-state index in [-0.39, 0.29) is 6.61 Å². The highest BCUT2D eigenvalue weighted by molar-refractivity contribution is 7.98. The van der Waals surface area contributed by atoms with Gasteiger partial charge in [0.15, 0.2) is 0 Å². The highest BCUT2D eigenvalue weighted by Crippen LogP contribution is 2.11. The fourth-order valence-electron chi connectivity index (χ4n) is 1.10. The monoisotopic (exact) mass is 200 g/mol. The predicted octanol–water partition coefficient (Wildman–Crippen LogP) is 1.52. The van der Waals surface area contributed by atoms with Gasteiger partial charge in [0.1, 0.15) is 5.82 Å². The van der Waals surface area contributed by atoms with E-state index in [4.69, 9.17) is 5.11 Å². The molecule has 13 heavy (non-hydrogen) atoms. The summed E-state index contributed by atoms with van der Waals surface area (Å²) in [5.74, 6) is 3.08. The number of hydrogen-bond acceptors (Lipinski definition) is 3. The number of imidazole rings is 1. The first-order valence-electron chi connectivity index (χ1n) is 4.57. The fraction of sp³-hybridized carbons (Fsp3) is 0.667. The first-order chi connectivity index (χ1) is 6.38. The Balaban J connectivity index is 2.27. The van der Waals surface area contributed by atoms with Crippen molar-refractivity contribution in [3.8, 4) is 0 Å². The Morgan fingerprint density at radius 2 is 2.46 bits per heavy atom. The average Bonchev–Trinajstić information content (AvgIpc) is 2.60. The van der Waals surface area contributed by atoms with Gasteiger partial charge in [-0.2, -0.15) is 11.8 Å². The third-order valence-electron chi connectivity index (χ3n) is 1.82. The fourth-order valence-corrected chi connectivity index (χ4v) is 2.00. The van der Waals surface area contributed by atoms with E-state index in [1.165, 1.54) is 0 Å². The maximum absolute atomic E-state index is 8.59. The zero-order valence-corrected chi connectivity index (χ0v) is 8.76. The lowest BCUT2D eigenvalue weighted by molar-refractivity contribution is 0.296. The molecule has 0 amide bonds. The van der Waals surface area contributed by atoms with E-state index in [1.807, 2.05) is 24.2 Å². The van der Waals surface area contributed by atoms with Gasteiger partial charge in [-0.15, -0.1) is 0 Å². The van der Waals surface area contributed by atoms with Crippen molar-refractivity contribution in [2.75, 3.05) is 12.4 Å². The van der Waals surface area contributed by atoms with E-state index in [0.717, 1.165) is 30.3 Å². The maximum atomic E-state index is 8.59. The minimum absolute atomic E-state index is 0.287. The first kappa shape index (κ1) is 10.6. The Hall–Kier alpha value is -0.480. The van der Waals surface area contributed by atoms with Gasteiger partial charge in [0.25, 0.3) is 0 Å². The topological polar surface area (TPSA) is 38.0 Å². The smallest absolute Gasteiger partial charge is 0.118 e. The molecule has 0 radical (unpaired) electrons. The van der Waals surface area contributed by atoms with Crippen LogP contribution < -0.4 is 0 Å². The van der Waals surface area contributed by atoms with Crippen molar-refractivity contribution < 1.29 is 5.11 Å². The van der Waals surface area contributed by atoms with E-state index in [2.05, 4.69) is 16.5 Å². The number of rotatable bonds is 6. The van der Waals surface area contributed by atoms with Crippen molar-refractivity contribution in [1.82, 2.24) is 9.55 Å². The molecule has 3 nitrogen and oxygen atoms in total. The molecule has 1 rings (SSSR count). The summed E-state index contributed by atoms with van der Waals surface area (Å²) in [5, 5.41) is 8.59. The molecule has 1 aromatic rings. The second-order valence-corrected chi connectivity index (χ2v) is 3.86. The number of aromatic nitrogens is 2. The lowest BCUT2D eigenvalue weighted by atomic mass is 10.5. The molecule has 1 aromatic heterocycles. The lowest BCUT2D eigenvalue weighted by Crippen LogP contribution is -1.99. The van der Waals surface area contributed by atoms with E-state index in [1.54, 1.807) is 0 Å². The highest BCUT2D eigenvalue weighted by atomic mass is 32.2. The Labute approximate surface area is 83.2 Å². The van der Waals surface area contributed by atoms with Crippen LogP contribution in [0.15, 0.2) is 12.4 Å². The second kappa shape index (κ2) is 6.05. The molecule has 0 aliphatic heterocycles. The molecule has 0 aromatic carbocycles. The number of hydrogen-bond donors (Lipinski definition) is 1. The molecule has 0 aliphatic carbocycles. The molecule has 4 heteroatoms. The molecule has 0 aliphatic rings. The van der Waals surface area contributed by atoms with Gasteiger partial charge in [-0.1, -0.05) is 0 Å². The largest absolute Gasteiger partial charge is 0.396 e. The van der Waals surface area contributed by atoms with E-state index >= 15 is 0 Å². The minimum atomic E-state index is 0.287. The average molecular weight is 200 g/mol. The van der Waals surface area contributed by atoms with Crippen LogP contribution in [-0.2, 0) is 12.3 Å². The Kier molecular flexibility index (Phi) is 4.93. The third-order valence-corrected chi connectivity index (χ3v) is 2.86. The molecule has 74 valence electrons. The summed E-state index contributed by atoms with van der Waals surface area (Å²) in [6.45, 7) is 3.38. The van der Waals surface area contributed by atoms with Gasteiger partial charge in [-0.3, -0.25) is 0 Å². The lowest BCUT2D eigenvalue weighted by Gasteiger charge is -2.03. The number of thioether (sulfide) groups is 1. The summed E-state index contributed by atoms with van der Waals surface area (Å²) in [4.78, 5) is 4.26. The first-order valence-corrected chi connectivity index (χ1v) is 5.72. The Bertz CT molecular complexity index is 237. The highest BCUT2D eigenvalue weighted by Gasteiger charge is 1.99. The summed E-state index contributed by atoms with van der Waals surface area (Å²) in [6.07, 6.45) is 4.71. The van der Waals surface area contributed by atoms with Crippen molar-refractivity contribution in [2.45, 2.75) is 25.6 Å². The molecule has 1 N–H and O–H groups in total. The number of aliphatic hydroxyl groups excluding tert-OH is 1. The zero-order chi connectivity index (χ0) is 9.52. The molecule has 0 bridgehead atoms. The van der Waals surface area contributed by atoms with Crippen LogP contribution >= 0.6 is 11.8 Å². The molecule has 0 spiro atoms. The Morgan fingerprint density at radius 3 is 3.15 bits per heavy atom. The van der Waals surface area contributed by atoms with Crippen LogP contribution in [0, 0.1) is 0 Å². The van der Waals surface area contributed by atoms with Crippen molar-refractivity contribution in [3.05, 3.63) is 18.2 Å². The van der Waals surface area contributed by atoms with Gasteiger partial charge in [0.05, 0.1) is 5.75 Å². The SMILES string of the molecule is CCn1ccnc1CSCCCO. The van der Waals surface area contributed by atoms with Crippen LogP contribution in [0.25, 0.3) is 0 Å². The summed E-state index contributed by atoms with van der Waals surface area (Å²) in [6, 6.07) is 0. The molecule has 1 heterocycles. The van der Waals surface area contributed by atoms with Gasteiger partial charge in [0, 0.05) is 25.5 Å². The van der Waals surface area contributed by atoms with Gasteiger partial charge in [-0.25, -0.2) is 4.98 Å². The van der Waals surface area contributed by atoms with Crippen LogP contribution in [0.1, 0.15) is 19.2 Å². The number of aryl methyl sites for hydroxylation is 1. The second-order valence-electron chi connectivity index (χ2n) is 2.76. The van der Waals surface area contributed by atoms with Crippen molar-refractivity contribution in [1.29, 1.82) is 0 Å². The van der Waals surface area contributed by atoms with Gasteiger partial charge in [0.2, 0.25) is 0 Å². The molecule has 0 unspecified atom stereocenters. The normalized spacial score (nSPS) is 10.6. The summed E-state index contributed by atoms with van der Waals surface area (Å²) < 4.78 is 2.14. The van der Waals surface area contributed by atoms with Gasteiger partial charge in [-0.05, 0) is 19.1 Å². The molecular formula is C9H16N2OS. The van der Waals surface area contributed by atoms with Crippen LogP contribution in [-0.4, -0.2) is 27.0 Å². The van der Waals surface area contributed by atoms with Gasteiger partial charge >= 0.3 is 0 Å². The number of nitrogens with zero attached hydrogens (tertiary/aromatic N) is 2. The van der Waals surface area contributed by atoms with Crippen molar-refractivity contribution in [2.24, 2.45) is 0 Å². The van der Waals surface area contributed by atoms with Crippen molar-refractivity contribution >= 4 is 11.8 Å². The standard InChI is InChI=1S/C9H16N2OS/c1-2-11-5-4-10-9(11)8-13-7-3-6-12/h4-5,12H,2-3,6-8H2,1H3. The number of aliphatic hydroxyl groups is 1. The van der Waals surface area contributed by atoms with Crippen LogP contribution in [0.5, 0.6) is 0 Å². The summed E-state index contributed by atoms with van der Waals surface area (Å²) in [5.41, 5.74) is 0. The quantitative estimate of drug-likeness (QED) is 0.707. The molecular weight excluding hydrogens is 184 g/mol. The maximum Gasteiger partial charge on any atom is 0.118 e. The molecule has 0 atom stereocenters. The Morgan fingerprint density at radius 1 is 1.62 bits per heavy atom. The van der Waals surface area contributed by atoms with Gasteiger partial charge < -0.3 is 9.67 Å². The van der Waals surface area contributed by atoms with E-state index in [9.17, 15) is 0 Å². The van der Waals surface area contributed by atoms with E-state index < -0.39 is 0 Å². The summed E-state index contributed by atoms with van der Waals surface area (Å²) in [7, 11) is 0.